The van der Waals surface area contributed by atoms with Crippen molar-refractivity contribution in [2.24, 2.45) is 5.92 Å². The molecule has 3 heteroatoms. The molecule has 0 aromatic heterocycles. The van der Waals surface area contributed by atoms with Gasteiger partial charge in [0.1, 0.15) is 0 Å². The van der Waals surface area contributed by atoms with Gasteiger partial charge in [-0.25, -0.2) is 5.43 Å². The quantitative estimate of drug-likeness (QED) is 0.347. The predicted molar refractivity (Wildman–Crippen MR) is 58.7 cm³/mol. The largest absolute Gasteiger partial charge is 0.254 e. The Bertz CT molecular complexity index is 96.1. The molecule has 0 radical (unpaired) electrons. The summed E-state index contributed by atoms with van der Waals surface area (Å²) in [5.74, 6) is 0.734. The molecule has 0 heterocycles. The molecule has 0 fully saturated rings. The first-order valence-electron chi connectivity index (χ1n) is 4.23. The third-order valence-electron chi connectivity index (χ3n) is 2.01. The lowest BCUT2D eigenvalue weighted by molar-refractivity contribution is 0.347. The van der Waals surface area contributed by atoms with Gasteiger partial charge in [0.25, 0.3) is 0 Å². The van der Waals surface area contributed by atoms with Gasteiger partial charge in [-0.15, -0.1) is 0 Å². The Balaban J connectivity index is 3.43. The predicted octanol–water partition coefficient (Wildman–Crippen LogP) is 2.30. The van der Waals surface area contributed by atoms with Crippen molar-refractivity contribution >= 4 is 22.6 Å². The maximum atomic E-state index is 3.28. The van der Waals surface area contributed by atoms with Gasteiger partial charge < -0.3 is 0 Å². The highest BCUT2D eigenvalue weighted by molar-refractivity contribution is 14.1. The van der Waals surface area contributed by atoms with E-state index in [4.69, 9.17) is 0 Å². The molecule has 0 aromatic rings. The smallest absolute Gasteiger partial charge is 0.0699 e. The minimum absolute atomic E-state index is 0.485. The molecule has 0 aliphatic carbocycles. The molecule has 1 unspecified atom stereocenters. The molecular formula is C8H19IN2. The molecule has 0 aliphatic rings. The zero-order valence-electron chi connectivity index (χ0n) is 7.82. The lowest BCUT2D eigenvalue weighted by atomic mass is 10.0. The summed E-state index contributed by atoms with van der Waals surface area (Å²) in [6.45, 7) is 8.81. The average molecular weight is 270 g/mol. The van der Waals surface area contributed by atoms with Crippen molar-refractivity contribution in [2.45, 2.75) is 44.2 Å². The van der Waals surface area contributed by atoms with Crippen LogP contribution in [0.1, 0.15) is 34.1 Å². The summed E-state index contributed by atoms with van der Waals surface area (Å²) < 4.78 is 0.485. The molecular weight excluding hydrogens is 251 g/mol. The van der Waals surface area contributed by atoms with Crippen molar-refractivity contribution in [3.63, 3.8) is 0 Å². The summed E-state index contributed by atoms with van der Waals surface area (Å²) >= 11 is 2.34. The number of hydrazine groups is 1. The first-order valence-corrected chi connectivity index (χ1v) is 5.47. The minimum atomic E-state index is 0.485. The van der Waals surface area contributed by atoms with Crippen LogP contribution < -0.4 is 10.9 Å². The van der Waals surface area contributed by atoms with Gasteiger partial charge in [-0.1, -0.05) is 42.9 Å². The van der Waals surface area contributed by atoms with Gasteiger partial charge in [0.05, 0.1) is 4.05 Å². The van der Waals surface area contributed by atoms with Crippen molar-refractivity contribution < 1.29 is 0 Å². The van der Waals surface area contributed by atoms with Crippen LogP contribution in [0.4, 0.5) is 0 Å². The van der Waals surface area contributed by atoms with E-state index in [2.05, 4.69) is 61.1 Å². The van der Waals surface area contributed by atoms with Gasteiger partial charge in [-0.05, 0) is 19.8 Å². The second-order valence-electron chi connectivity index (χ2n) is 3.08. The maximum Gasteiger partial charge on any atom is 0.0699 e. The van der Waals surface area contributed by atoms with Crippen LogP contribution in [0.3, 0.4) is 0 Å². The molecule has 0 bridgehead atoms. The fraction of sp³-hybridized carbons (Fsp3) is 1.00. The van der Waals surface area contributed by atoms with Gasteiger partial charge in [0, 0.05) is 6.04 Å². The summed E-state index contributed by atoms with van der Waals surface area (Å²) in [4.78, 5) is 0. The van der Waals surface area contributed by atoms with E-state index in [1.165, 1.54) is 6.42 Å². The highest BCUT2D eigenvalue weighted by Crippen LogP contribution is 2.05. The van der Waals surface area contributed by atoms with Crippen LogP contribution in [0.2, 0.25) is 0 Å². The van der Waals surface area contributed by atoms with Crippen molar-refractivity contribution in [2.75, 3.05) is 0 Å². The van der Waals surface area contributed by atoms with Crippen LogP contribution >= 0.6 is 22.6 Å². The molecule has 0 aliphatic heterocycles. The molecule has 0 rings (SSSR count). The van der Waals surface area contributed by atoms with E-state index >= 15 is 0 Å². The fourth-order valence-electron chi connectivity index (χ4n) is 0.742. The zero-order valence-corrected chi connectivity index (χ0v) is 9.97. The molecule has 11 heavy (non-hydrogen) atoms. The van der Waals surface area contributed by atoms with Crippen LogP contribution in [0.5, 0.6) is 0 Å². The molecule has 68 valence electrons. The van der Waals surface area contributed by atoms with Crippen LogP contribution in [-0.4, -0.2) is 10.1 Å². The van der Waals surface area contributed by atoms with E-state index in [-0.39, 0.29) is 0 Å². The van der Waals surface area contributed by atoms with Gasteiger partial charge in [0.2, 0.25) is 0 Å². The van der Waals surface area contributed by atoms with Gasteiger partial charge in [0.15, 0.2) is 0 Å². The standard InChI is InChI=1S/C8H19IN2/c1-5-6(2)7(3)10-11-8(4)9/h6-8,10-11H,5H2,1-4H3/t6?,7-,8+/m0/s1. The number of alkyl halides is 1. The number of rotatable bonds is 5. The molecule has 2 nitrogen and oxygen atoms in total. The molecule has 0 amide bonds. The Morgan fingerprint density at radius 1 is 1.18 bits per heavy atom. The molecule has 0 spiro atoms. The van der Waals surface area contributed by atoms with Gasteiger partial charge >= 0.3 is 0 Å². The maximum absolute atomic E-state index is 3.28. The first-order chi connectivity index (χ1) is 5.07. The van der Waals surface area contributed by atoms with E-state index in [9.17, 15) is 0 Å². The molecule has 0 saturated carbocycles. The second kappa shape index (κ2) is 6.20. The SMILES string of the molecule is CCC(C)[C@H](C)NN[C@H](C)I. The van der Waals surface area contributed by atoms with Crippen LogP contribution in [0, 0.1) is 5.92 Å². The summed E-state index contributed by atoms with van der Waals surface area (Å²) in [7, 11) is 0. The summed E-state index contributed by atoms with van der Waals surface area (Å²) in [6, 6.07) is 0.553. The van der Waals surface area contributed by atoms with Crippen LogP contribution in [0.25, 0.3) is 0 Å². The monoisotopic (exact) mass is 270 g/mol. The van der Waals surface area contributed by atoms with Gasteiger partial charge in [-0.3, -0.25) is 5.43 Å². The third-order valence-corrected chi connectivity index (χ3v) is 2.32. The van der Waals surface area contributed by atoms with E-state index in [0.29, 0.717) is 10.1 Å². The normalized spacial score (nSPS) is 19.4. The number of halogens is 1. The summed E-state index contributed by atoms with van der Waals surface area (Å²) in [5, 5.41) is 0. The van der Waals surface area contributed by atoms with Crippen molar-refractivity contribution in [3.05, 3.63) is 0 Å². The van der Waals surface area contributed by atoms with E-state index in [0.717, 1.165) is 5.92 Å². The molecule has 3 atom stereocenters. The number of hydrogen-bond acceptors (Lipinski definition) is 2. The van der Waals surface area contributed by atoms with Crippen molar-refractivity contribution in [1.82, 2.24) is 10.9 Å². The van der Waals surface area contributed by atoms with E-state index in [1.807, 2.05) is 0 Å². The Morgan fingerprint density at radius 2 is 1.73 bits per heavy atom. The third kappa shape index (κ3) is 5.87. The number of hydrogen-bond donors (Lipinski definition) is 2. The lowest BCUT2D eigenvalue weighted by Crippen LogP contribution is -2.44. The first kappa shape index (κ1) is 11.6. The Hall–Kier alpha value is 0.650. The highest BCUT2D eigenvalue weighted by Gasteiger charge is 2.08. The molecule has 2 N–H and O–H groups in total. The van der Waals surface area contributed by atoms with E-state index < -0.39 is 0 Å². The lowest BCUT2D eigenvalue weighted by Gasteiger charge is -2.21. The topological polar surface area (TPSA) is 24.1 Å². The van der Waals surface area contributed by atoms with Crippen molar-refractivity contribution in [3.8, 4) is 0 Å². The zero-order chi connectivity index (χ0) is 8.85. The highest BCUT2D eigenvalue weighted by atomic mass is 127. The fourth-order valence-corrected chi connectivity index (χ4v) is 0.922. The average Bonchev–Trinajstić information content (AvgIpc) is 1.98. The van der Waals surface area contributed by atoms with Crippen LogP contribution in [-0.2, 0) is 0 Å². The van der Waals surface area contributed by atoms with Crippen LogP contribution in [0.15, 0.2) is 0 Å². The molecule has 0 aromatic carbocycles. The molecule has 0 saturated heterocycles. The Kier molecular flexibility index (Phi) is 6.56. The summed E-state index contributed by atoms with van der Waals surface area (Å²) in [5.41, 5.74) is 6.47. The van der Waals surface area contributed by atoms with Gasteiger partial charge in [-0.2, -0.15) is 0 Å². The minimum Gasteiger partial charge on any atom is -0.254 e. The van der Waals surface area contributed by atoms with Crippen molar-refractivity contribution in [1.29, 1.82) is 0 Å². The second-order valence-corrected chi connectivity index (χ2v) is 4.95. The Labute approximate surface area is 83.6 Å². The van der Waals surface area contributed by atoms with E-state index in [1.54, 1.807) is 0 Å². The number of nitrogens with one attached hydrogen (secondary N) is 2. The Morgan fingerprint density at radius 3 is 2.09 bits per heavy atom. The summed E-state index contributed by atoms with van der Waals surface area (Å²) in [6.07, 6.45) is 1.23.